The smallest absolute Gasteiger partial charge is 0.308 e. The van der Waals surface area contributed by atoms with E-state index in [4.69, 9.17) is 0 Å². The molecule has 2 fully saturated rings. The monoisotopic (exact) mass is 330 g/mol. The largest absolute Gasteiger partial charge is 0.481 e. The average Bonchev–Trinajstić information content (AvgIpc) is 3.03. The predicted molar refractivity (Wildman–Crippen MR) is 87.2 cm³/mol. The number of hydrogen-bond acceptors (Lipinski definition) is 3. The third kappa shape index (κ3) is 3.13. The third-order valence-corrected chi connectivity index (χ3v) is 5.19. The summed E-state index contributed by atoms with van der Waals surface area (Å²) in [5, 5.41) is 9.53. The lowest BCUT2D eigenvalue weighted by atomic mass is 9.89. The molecule has 3 rings (SSSR count). The van der Waals surface area contributed by atoms with Gasteiger partial charge in [-0.3, -0.25) is 14.4 Å². The van der Waals surface area contributed by atoms with Gasteiger partial charge in [0.1, 0.15) is 0 Å². The van der Waals surface area contributed by atoms with Gasteiger partial charge in [-0.2, -0.15) is 0 Å². The van der Waals surface area contributed by atoms with Crippen LogP contribution in [0.15, 0.2) is 30.3 Å². The number of carbonyl (C=O) groups is 3. The molecule has 2 heterocycles. The van der Waals surface area contributed by atoms with Crippen LogP contribution < -0.4 is 0 Å². The van der Waals surface area contributed by atoms with Crippen molar-refractivity contribution in [3.63, 3.8) is 0 Å². The summed E-state index contributed by atoms with van der Waals surface area (Å²) in [5.41, 5.74) is 0.944. The SMILES string of the molecule is CN1CCC(C(=O)N2CC(C(=O)O)C(c3ccccc3)C2)CC1=O. The van der Waals surface area contributed by atoms with E-state index in [-0.39, 0.29) is 36.6 Å². The molecule has 1 aromatic carbocycles. The summed E-state index contributed by atoms with van der Waals surface area (Å²) >= 11 is 0. The van der Waals surface area contributed by atoms with Crippen molar-refractivity contribution >= 4 is 17.8 Å². The number of piperidine rings is 1. The van der Waals surface area contributed by atoms with Crippen LogP contribution in [0.25, 0.3) is 0 Å². The lowest BCUT2D eigenvalue weighted by molar-refractivity contribution is -0.145. The maximum Gasteiger partial charge on any atom is 0.308 e. The zero-order valence-corrected chi connectivity index (χ0v) is 13.7. The van der Waals surface area contributed by atoms with Crippen LogP contribution in [-0.2, 0) is 14.4 Å². The zero-order valence-electron chi connectivity index (χ0n) is 13.7. The highest BCUT2D eigenvalue weighted by Crippen LogP contribution is 2.34. The minimum absolute atomic E-state index is 0.0202. The lowest BCUT2D eigenvalue weighted by Gasteiger charge is -2.30. The molecule has 3 atom stereocenters. The van der Waals surface area contributed by atoms with Gasteiger partial charge in [0.2, 0.25) is 11.8 Å². The molecule has 0 radical (unpaired) electrons. The maximum absolute atomic E-state index is 12.8. The number of carboxylic acid groups (broad SMARTS) is 1. The fourth-order valence-corrected chi connectivity index (χ4v) is 3.68. The van der Waals surface area contributed by atoms with Gasteiger partial charge in [-0.25, -0.2) is 0 Å². The fourth-order valence-electron chi connectivity index (χ4n) is 3.68. The molecular formula is C18H22N2O4. The standard InChI is InChI=1S/C18H22N2O4/c1-19-8-7-13(9-16(19)21)17(22)20-10-14(15(11-20)18(23)24)12-5-3-2-4-6-12/h2-6,13-15H,7-11H2,1H3,(H,23,24). The molecule has 24 heavy (non-hydrogen) atoms. The number of amides is 2. The van der Waals surface area contributed by atoms with E-state index in [1.54, 1.807) is 16.8 Å². The lowest BCUT2D eigenvalue weighted by Crippen LogP contribution is -2.43. The summed E-state index contributed by atoms with van der Waals surface area (Å²) < 4.78 is 0. The molecule has 0 bridgehead atoms. The molecule has 0 aliphatic carbocycles. The van der Waals surface area contributed by atoms with Gasteiger partial charge < -0.3 is 14.9 Å². The molecule has 2 saturated heterocycles. The van der Waals surface area contributed by atoms with Crippen molar-refractivity contribution in [2.75, 3.05) is 26.7 Å². The Morgan fingerprint density at radius 2 is 1.88 bits per heavy atom. The highest BCUT2D eigenvalue weighted by Gasteiger charge is 2.42. The molecule has 0 aromatic heterocycles. The van der Waals surface area contributed by atoms with Gasteiger partial charge in [-0.05, 0) is 12.0 Å². The van der Waals surface area contributed by atoms with Gasteiger partial charge in [-0.1, -0.05) is 30.3 Å². The summed E-state index contributed by atoms with van der Waals surface area (Å²) in [4.78, 5) is 39.5. The van der Waals surface area contributed by atoms with Crippen molar-refractivity contribution in [2.45, 2.75) is 18.8 Å². The van der Waals surface area contributed by atoms with E-state index in [1.165, 1.54) is 0 Å². The summed E-state index contributed by atoms with van der Waals surface area (Å²) in [5.74, 6) is -2.10. The Kier molecular flexibility index (Phi) is 4.55. The highest BCUT2D eigenvalue weighted by atomic mass is 16.4. The van der Waals surface area contributed by atoms with E-state index in [1.807, 2.05) is 30.3 Å². The van der Waals surface area contributed by atoms with Crippen LogP contribution in [0.2, 0.25) is 0 Å². The van der Waals surface area contributed by atoms with Crippen LogP contribution in [0, 0.1) is 11.8 Å². The maximum atomic E-state index is 12.8. The van der Waals surface area contributed by atoms with E-state index in [2.05, 4.69) is 0 Å². The van der Waals surface area contributed by atoms with E-state index in [0.29, 0.717) is 19.5 Å². The normalized spacial score (nSPS) is 27.4. The Balaban J connectivity index is 1.74. The summed E-state index contributed by atoms with van der Waals surface area (Å²) in [7, 11) is 1.74. The van der Waals surface area contributed by atoms with Gasteiger partial charge in [0, 0.05) is 44.9 Å². The molecule has 6 heteroatoms. The number of benzene rings is 1. The van der Waals surface area contributed by atoms with Crippen LogP contribution in [0.3, 0.4) is 0 Å². The van der Waals surface area contributed by atoms with Gasteiger partial charge >= 0.3 is 5.97 Å². The van der Waals surface area contributed by atoms with Crippen LogP contribution in [0.1, 0.15) is 24.3 Å². The minimum Gasteiger partial charge on any atom is -0.481 e. The van der Waals surface area contributed by atoms with Crippen LogP contribution in [0.4, 0.5) is 0 Å². The van der Waals surface area contributed by atoms with Crippen molar-refractivity contribution < 1.29 is 19.5 Å². The second-order valence-corrected chi connectivity index (χ2v) is 6.71. The first-order chi connectivity index (χ1) is 11.5. The van der Waals surface area contributed by atoms with Crippen LogP contribution >= 0.6 is 0 Å². The van der Waals surface area contributed by atoms with Gasteiger partial charge in [0.15, 0.2) is 0 Å². The number of hydrogen-bond donors (Lipinski definition) is 1. The predicted octanol–water partition coefficient (Wildman–Crippen LogP) is 1.18. The van der Waals surface area contributed by atoms with Crippen molar-refractivity contribution in [1.29, 1.82) is 0 Å². The molecule has 6 nitrogen and oxygen atoms in total. The first-order valence-electron chi connectivity index (χ1n) is 8.28. The Morgan fingerprint density at radius 3 is 2.50 bits per heavy atom. The molecule has 0 saturated carbocycles. The molecular weight excluding hydrogens is 308 g/mol. The second kappa shape index (κ2) is 6.63. The van der Waals surface area contributed by atoms with Crippen molar-refractivity contribution in [1.82, 2.24) is 9.80 Å². The third-order valence-electron chi connectivity index (χ3n) is 5.19. The number of aliphatic carboxylic acids is 1. The average molecular weight is 330 g/mol. The number of likely N-dealkylation sites (tertiary alicyclic amines) is 2. The first kappa shape index (κ1) is 16.5. The Labute approximate surface area is 141 Å². The molecule has 128 valence electrons. The van der Waals surface area contributed by atoms with E-state index >= 15 is 0 Å². The number of rotatable bonds is 3. The molecule has 0 spiro atoms. The highest BCUT2D eigenvalue weighted by molar-refractivity contribution is 5.87. The van der Waals surface area contributed by atoms with Crippen molar-refractivity contribution in [3.8, 4) is 0 Å². The van der Waals surface area contributed by atoms with Crippen LogP contribution in [0.5, 0.6) is 0 Å². The summed E-state index contributed by atoms with van der Waals surface area (Å²) in [6, 6.07) is 9.48. The van der Waals surface area contributed by atoms with Crippen molar-refractivity contribution in [2.24, 2.45) is 11.8 Å². The topological polar surface area (TPSA) is 77.9 Å². The Bertz CT molecular complexity index is 646. The first-order valence-corrected chi connectivity index (χ1v) is 8.28. The molecule has 1 aromatic rings. The molecule has 2 aliphatic heterocycles. The fraction of sp³-hybridized carbons (Fsp3) is 0.500. The van der Waals surface area contributed by atoms with E-state index in [0.717, 1.165) is 5.56 Å². The summed E-state index contributed by atoms with van der Waals surface area (Å²) in [6.07, 6.45) is 0.866. The Morgan fingerprint density at radius 1 is 1.17 bits per heavy atom. The van der Waals surface area contributed by atoms with Crippen molar-refractivity contribution in [3.05, 3.63) is 35.9 Å². The van der Waals surface area contributed by atoms with Gasteiger partial charge in [0.25, 0.3) is 0 Å². The number of carboxylic acids is 1. The zero-order chi connectivity index (χ0) is 17.3. The van der Waals surface area contributed by atoms with E-state index in [9.17, 15) is 19.5 Å². The van der Waals surface area contributed by atoms with Gasteiger partial charge in [0.05, 0.1) is 5.92 Å². The van der Waals surface area contributed by atoms with E-state index < -0.39 is 11.9 Å². The minimum atomic E-state index is -0.876. The molecule has 3 unspecified atom stereocenters. The number of nitrogens with zero attached hydrogens (tertiary/aromatic N) is 2. The number of carbonyl (C=O) groups excluding carboxylic acids is 2. The van der Waals surface area contributed by atoms with Gasteiger partial charge in [-0.15, -0.1) is 0 Å². The molecule has 1 N–H and O–H groups in total. The molecule has 2 aliphatic rings. The quantitative estimate of drug-likeness (QED) is 0.903. The Hall–Kier alpha value is -2.37. The molecule has 2 amide bonds. The second-order valence-electron chi connectivity index (χ2n) is 6.71. The summed E-state index contributed by atoms with van der Waals surface area (Å²) in [6.45, 7) is 1.20. The van der Waals surface area contributed by atoms with Crippen LogP contribution in [-0.4, -0.2) is 59.4 Å².